The summed E-state index contributed by atoms with van der Waals surface area (Å²) >= 11 is 7.60. The predicted molar refractivity (Wildman–Crippen MR) is 419 cm³/mol. The fraction of sp³-hybridized carbons (Fsp3) is 0.333. The minimum atomic E-state index is 0.536. The number of aromatic nitrogens is 8. The lowest BCUT2D eigenvalue weighted by Gasteiger charge is -2.22. The highest BCUT2D eigenvalue weighted by Crippen LogP contribution is 2.54. The Kier molecular flexibility index (Phi) is 23.5. The van der Waals surface area contributed by atoms with Crippen molar-refractivity contribution >= 4 is 91.2 Å². The van der Waals surface area contributed by atoms with Crippen LogP contribution >= 0.6 is 47.0 Å². The number of hydrogen-bond acceptors (Lipinski definition) is 14. The van der Waals surface area contributed by atoms with Crippen molar-refractivity contribution in [1.29, 1.82) is 0 Å². The maximum absolute atomic E-state index is 6.75. The highest BCUT2D eigenvalue weighted by Gasteiger charge is 2.34. The third kappa shape index (κ3) is 15.2. The molecule has 0 saturated carbocycles. The number of benzene rings is 8. The third-order valence-electron chi connectivity index (χ3n) is 18.4. The molecule has 12 nitrogen and oxygen atoms in total. The molecule has 11 aromatic rings. The molecule has 0 radical (unpaired) electrons. The van der Waals surface area contributed by atoms with Crippen LogP contribution in [0.25, 0.3) is 89.7 Å². The van der Waals surface area contributed by atoms with Gasteiger partial charge in [-0.2, -0.15) is 0 Å². The molecule has 0 unspecified atom stereocenters. The number of aromatic amines is 2. The van der Waals surface area contributed by atoms with E-state index in [4.69, 9.17) is 48.9 Å². The van der Waals surface area contributed by atoms with Crippen LogP contribution in [0.15, 0.2) is 165 Å². The fourth-order valence-corrected chi connectivity index (χ4v) is 18.6. The van der Waals surface area contributed by atoms with E-state index in [9.17, 15) is 0 Å². The van der Waals surface area contributed by atoms with Gasteiger partial charge in [0.15, 0.2) is 46.3 Å². The van der Waals surface area contributed by atoms with Gasteiger partial charge in [0.25, 0.3) is 0 Å². The third-order valence-corrected chi connectivity index (χ3v) is 23.5. The Balaban J connectivity index is 1.18. The summed E-state index contributed by atoms with van der Waals surface area (Å²) < 4.78 is 27.0. The number of rotatable bonds is 32. The Morgan fingerprint density at radius 2 is 0.510 bits per heavy atom. The molecule has 0 spiro atoms. The molecule has 16 heteroatoms. The standard InChI is InChI=1S/C84H90N8O4S4/c1-9-17-41-93-65-45-61-62(46-66(65)94-42-18-10-2)78-85-77(61)87-81-69-57(13-5)73(97-49-53-33-25-21-26-34-53)74(98-50-54-35-27-22-28-36-54)58(14-6)70(69)83(91-81)89-79-63-47-67(95-43-19-11-3)68(96-44-20-12-4)48-64(63)80(86-79)90-84-72-60(16-8)76(100-52-56-39-31-24-32-40-56)75(99-51-55-37-29-23-30-38-55)59(15-7)71(72)82(88-78)92-84/h21-40,45-48H,9-20,41-44,49-52H2,1-8H3,(H2,85,86,87,88,89,90,91,92). The molecule has 8 bridgehead atoms. The van der Waals surface area contributed by atoms with Crippen molar-refractivity contribution in [3.8, 4) is 68.5 Å². The lowest BCUT2D eigenvalue weighted by Crippen LogP contribution is -2.03. The first kappa shape index (κ1) is 70.2. The van der Waals surface area contributed by atoms with Crippen molar-refractivity contribution in [1.82, 2.24) is 39.9 Å². The van der Waals surface area contributed by atoms with Gasteiger partial charge in [-0.1, -0.05) is 202 Å². The van der Waals surface area contributed by atoms with E-state index in [0.29, 0.717) is 121 Å². The summed E-state index contributed by atoms with van der Waals surface area (Å²) in [6.45, 7) is 20.0. The maximum atomic E-state index is 6.75. The molecule has 2 aliphatic rings. The van der Waals surface area contributed by atoms with E-state index in [1.165, 1.54) is 64.1 Å². The monoisotopic (exact) mass is 1400 g/mol. The Bertz CT molecular complexity index is 4260. The van der Waals surface area contributed by atoms with Gasteiger partial charge in [0, 0.05) is 86.4 Å². The molecule has 0 atom stereocenters. The molecular weight excluding hydrogens is 1310 g/mol. The van der Waals surface area contributed by atoms with Crippen molar-refractivity contribution in [3.05, 3.63) is 190 Å². The van der Waals surface area contributed by atoms with Crippen LogP contribution in [0.4, 0.5) is 0 Å². The average molecular weight is 1400 g/mol. The van der Waals surface area contributed by atoms with Gasteiger partial charge in [0.1, 0.15) is 22.6 Å². The molecule has 3 aromatic heterocycles. The Morgan fingerprint density at radius 1 is 0.290 bits per heavy atom. The molecule has 514 valence electrons. The number of ether oxygens (including phenoxy) is 4. The molecule has 0 fully saturated rings. The van der Waals surface area contributed by atoms with Crippen LogP contribution in [0.2, 0.25) is 0 Å². The van der Waals surface area contributed by atoms with Gasteiger partial charge < -0.3 is 28.9 Å². The Hall–Kier alpha value is -8.28. The van der Waals surface area contributed by atoms with Crippen molar-refractivity contribution < 1.29 is 18.9 Å². The van der Waals surface area contributed by atoms with Crippen molar-refractivity contribution in [2.24, 2.45) is 0 Å². The smallest absolute Gasteiger partial charge is 0.165 e. The second kappa shape index (κ2) is 33.5. The van der Waals surface area contributed by atoms with Gasteiger partial charge in [-0.05, 0) is 120 Å². The number of nitrogens with one attached hydrogen (secondary N) is 2. The van der Waals surface area contributed by atoms with E-state index < -0.39 is 0 Å². The van der Waals surface area contributed by atoms with Crippen LogP contribution in [0.3, 0.4) is 0 Å². The predicted octanol–water partition coefficient (Wildman–Crippen LogP) is 23.0. The molecule has 0 saturated heterocycles. The zero-order chi connectivity index (χ0) is 68.9. The van der Waals surface area contributed by atoms with Crippen molar-refractivity contribution in [3.63, 3.8) is 0 Å². The summed E-state index contributed by atoms with van der Waals surface area (Å²) in [5, 5.41) is 3.30. The van der Waals surface area contributed by atoms with Crippen LogP contribution in [-0.2, 0) is 48.7 Å². The molecule has 0 aliphatic carbocycles. The van der Waals surface area contributed by atoms with Gasteiger partial charge in [-0.3, -0.25) is 0 Å². The summed E-state index contributed by atoms with van der Waals surface area (Å²) in [7, 11) is 0. The first-order chi connectivity index (χ1) is 49.3. The van der Waals surface area contributed by atoms with Gasteiger partial charge >= 0.3 is 0 Å². The molecule has 8 aromatic carbocycles. The Morgan fingerprint density at radius 3 is 0.710 bits per heavy atom. The summed E-state index contributed by atoms with van der Waals surface area (Å²) in [6.07, 6.45) is 10.4. The summed E-state index contributed by atoms with van der Waals surface area (Å²) in [4.78, 5) is 47.7. The highest BCUT2D eigenvalue weighted by atomic mass is 32.2. The average Bonchev–Trinajstić information content (AvgIpc) is 1.55. The molecule has 0 amide bonds. The van der Waals surface area contributed by atoms with Gasteiger partial charge in [-0.15, -0.1) is 47.0 Å². The number of thioether (sulfide) groups is 4. The van der Waals surface area contributed by atoms with Crippen molar-refractivity contribution in [2.45, 2.75) is 175 Å². The normalized spacial score (nSPS) is 11.8. The molecule has 2 aliphatic heterocycles. The van der Waals surface area contributed by atoms with Crippen LogP contribution in [0.5, 0.6) is 23.0 Å². The SMILES string of the molecule is CCCCOc1cc2c3nc4nc(nc5[nH]c(nc6nc(nc([nH]3)c2cc1OCCCC)-c1c(CC)c(SCc2ccccc2)c(SCc2ccccc2)c(CC)c1-6)c1cc(OCCCC)c(OCCCC)cc51)-c1c(CC)c(SCc2ccccc2)c(SCc2ccccc2)c(CC)c1-4. The quantitative estimate of drug-likeness (QED) is 0.0305. The maximum Gasteiger partial charge on any atom is 0.165 e. The first-order valence-electron chi connectivity index (χ1n) is 36.1. The second-order valence-corrected chi connectivity index (χ2v) is 29.3. The molecular formula is C84H90N8O4S4. The van der Waals surface area contributed by atoms with Gasteiger partial charge in [0.05, 0.1) is 26.4 Å². The summed E-state index contributed by atoms with van der Waals surface area (Å²) in [5.41, 5.74) is 16.0. The zero-order valence-electron chi connectivity index (χ0n) is 58.9. The van der Waals surface area contributed by atoms with Gasteiger partial charge in [-0.25, -0.2) is 29.9 Å². The second-order valence-electron chi connectivity index (χ2n) is 25.3. The van der Waals surface area contributed by atoms with Crippen LogP contribution in [-0.4, -0.2) is 66.3 Å². The zero-order valence-corrected chi connectivity index (χ0v) is 62.2. The van der Waals surface area contributed by atoms with Crippen LogP contribution in [0.1, 0.15) is 151 Å². The minimum Gasteiger partial charge on any atom is -0.490 e. The highest BCUT2D eigenvalue weighted by molar-refractivity contribution is 8.02. The van der Waals surface area contributed by atoms with Gasteiger partial charge in [0.2, 0.25) is 0 Å². The van der Waals surface area contributed by atoms with E-state index in [2.05, 4.69) is 211 Å². The number of fused-ring (bicyclic) bond motifs is 20. The number of nitrogens with zero attached hydrogens (tertiary/aromatic N) is 6. The van der Waals surface area contributed by atoms with Crippen molar-refractivity contribution in [2.75, 3.05) is 26.4 Å². The van der Waals surface area contributed by atoms with E-state index in [1.54, 1.807) is 0 Å². The summed E-state index contributed by atoms with van der Waals surface area (Å²) in [6, 6.07) is 51.6. The Labute approximate surface area is 605 Å². The van der Waals surface area contributed by atoms with E-state index >= 15 is 0 Å². The molecule has 100 heavy (non-hydrogen) atoms. The summed E-state index contributed by atoms with van der Waals surface area (Å²) in [5.74, 6) is 8.06. The van der Waals surface area contributed by atoms with Crippen LogP contribution in [0, 0.1) is 0 Å². The number of hydrogen-bond donors (Lipinski definition) is 2. The van der Waals surface area contributed by atoms with E-state index in [1.807, 2.05) is 47.0 Å². The van der Waals surface area contributed by atoms with E-state index in [0.717, 1.165) is 118 Å². The number of H-pyrrole nitrogens is 2. The topological polar surface area (TPSA) is 146 Å². The lowest BCUT2D eigenvalue weighted by atomic mass is 9.93. The van der Waals surface area contributed by atoms with E-state index in [-0.39, 0.29) is 0 Å². The fourth-order valence-electron chi connectivity index (χ4n) is 13.2. The molecule has 2 N–H and O–H groups in total. The van der Waals surface area contributed by atoms with Crippen LogP contribution < -0.4 is 18.9 Å². The largest absolute Gasteiger partial charge is 0.490 e. The molecule has 5 heterocycles. The molecule has 13 rings (SSSR count). The first-order valence-corrected chi connectivity index (χ1v) is 40.0. The minimum absolute atomic E-state index is 0.536. The lowest BCUT2D eigenvalue weighted by molar-refractivity contribution is 0.262. The number of unbranched alkanes of at least 4 members (excludes halogenated alkanes) is 4.